The van der Waals surface area contributed by atoms with Crippen molar-refractivity contribution >= 4 is 5.91 Å². The molecule has 0 spiro atoms. The van der Waals surface area contributed by atoms with Crippen molar-refractivity contribution in [2.24, 2.45) is 0 Å². The first-order valence-electron chi connectivity index (χ1n) is 7.11. The fourth-order valence-corrected chi connectivity index (χ4v) is 2.72. The molecule has 0 saturated carbocycles. The second-order valence-corrected chi connectivity index (χ2v) is 5.75. The summed E-state index contributed by atoms with van der Waals surface area (Å²) in [7, 11) is 0. The molecule has 1 atom stereocenters. The van der Waals surface area contributed by atoms with E-state index < -0.39 is 0 Å². The molecule has 1 N–H and O–H groups in total. The molecule has 104 valence electrons. The van der Waals surface area contributed by atoms with Crippen LogP contribution in [-0.4, -0.2) is 36.0 Å². The van der Waals surface area contributed by atoms with Gasteiger partial charge in [0.2, 0.25) is 0 Å². The minimum absolute atomic E-state index is 0.159. The van der Waals surface area contributed by atoms with Crippen molar-refractivity contribution in [1.29, 1.82) is 0 Å². The Morgan fingerprint density at radius 1 is 1.32 bits per heavy atom. The van der Waals surface area contributed by atoms with E-state index in [9.17, 15) is 4.79 Å². The first-order chi connectivity index (χ1) is 9.00. The molecule has 19 heavy (non-hydrogen) atoms. The van der Waals surface area contributed by atoms with Gasteiger partial charge in [-0.2, -0.15) is 0 Å². The summed E-state index contributed by atoms with van der Waals surface area (Å²) in [5.74, 6) is 0.159. The first-order valence-corrected chi connectivity index (χ1v) is 7.11. The lowest BCUT2D eigenvalue weighted by Gasteiger charge is -2.32. The number of nitrogens with zero attached hydrogens (tertiary/aromatic N) is 1. The zero-order chi connectivity index (χ0) is 14.0. The molecule has 0 bridgehead atoms. The Hall–Kier alpha value is -1.35. The molecule has 1 fully saturated rings. The fourth-order valence-electron chi connectivity index (χ4n) is 2.72. The zero-order valence-corrected chi connectivity index (χ0v) is 12.4. The molecule has 1 saturated heterocycles. The minimum atomic E-state index is 0.159. The number of aryl methyl sites for hydroxylation is 2. The van der Waals surface area contributed by atoms with Crippen molar-refractivity contribution in [1.82, 2.24) is 10.2 Å². The molecule has 1 amide bonds. The van der Waals surface area contributed by atoms with Crippen LogP contribution in [0.25, 0.3) is 0 Å². The molecule has 3 heteroatoms. The molecule has 0 aliphatic carbocycles. The van der Waals surface area contributed by atoms with E-state index in [1.807, 2.05) is 23.1 Å². The predicted octanol–water partition coefficient (Wildman–Crippen LogP) is 2.52. The molecule has 1 aromatic rings. The summed E-state index contributed by atoms with van der Waals surface area (Å²) >= 11 is 0. The van der Waals surface area contributed by atoms with Crippen molar-refractivity contribution in [3.8, 4) is 0 Å². The predicted molar refractivity (Wildman–Crippen MR) is 78.5 cm³/mol. The zero-order valence-electron chi connectivity index (χ0n) is 12.4. The summed E-state index contributed by atoms with van der Waals surface area (Å²) in [4.78, 5) is 14.8. The molecule has 1 heterocycles. The third kappa shape index (κ3) is 2.98. The molecule has 2 rings (SSSR count). The maximum atomic E-state index is 12.7. The molecule has 0 radical (unpaired) electrons. The number of carbonyl (C=O) groups is 1. The Bertz CT molecular complexity index is 462. The van der Waals surface area contributed by atoms with Crippen molar-refractivity contribution in [2.45, 2.75) is 46.2 Å². The van der Waals surface area contributed by atoms with Gasteiger partial charge in [0.05, 0.1) is 0 Å². The van der Waals surface area contributed by atoms with E-state index in [0.717, 1.165) is 25.1 Å². The number of nitrogens with one attached hydrogen (secondary N) is 1. The van der Waals surface area contributed by atoms with Gasteiger partial charge in [0.15, 0.2) is 0 Å². The molecular weight excluding hydrogens is 236 g/mol. The number of rotatable bonds is 3. The topological polar surface area (TPSA) is 32.3 Å². The van der Waals surface area contributed by atoms with Crippen molar-refractivity contribution in [2.75, 3.05) is 13.1 Å². The van der Waals surface area contributed by atoms with Gasteiger partial charge in [-0.3, -0.25) is 4.79 Å². The van der Waals surface area contributed by atoms with E-state index in [2.05, 4.69) is 33.0 Å². The molecule has 1 aromatic carbocycles. The quantitative estimate of drug-likeness (QED) is 0.905. The molecular formula is C16H24N2O. The highest BCUT2D eigenvalue weighted by Gasteiger charge is 2.29. The molecule has 0 aromatic heterocycles. The van der Waals surface area contributed by atoms with Crippen LogP contribution in [0.1, 0.15) is 41.8 Å². The lowest BCUT2D eigenvalue weighted by Crippen LogP contribution is -2.45. The molecule has 3 nitrogen and oxygen atoms in total. The summed E-state index contributed by atoms with van der Waals surface area (Å²) in [6.45, 7) is 10.2. The highest BCUT2D eigenvalue weighted by atomic mass is 16.2. The van der Waals surface area contributed by atoms with Gasteiger partial charge >= 0.3 is 0 Å². The lowest BCUT2D eigenvalue weighted by molar-refractivity contribution is 0.0626. The fraction of sp³-hybridized carbons (Fsp3) is 0.562. The van der Waals surface area contributed by atoms with E-state index in [4.69, 9.17) is 0 Å². The lowest BCUT2D eigenvalue weighted by atomic mass is 10.0. The first kappa shape index (κ1) is 14.1. The van der Waals surface area contributed by atoms with Crippen LogP contribution in [0, 0.1) is 13.8 Å². The number of amides is 1. The standard InChI is InChI=1S/C16H24N2O/c1-11(2)18(15-7-8-17-10-15)16(19)14-6-5-12(3)13(4)9-14/h5-6,9,11,15,17H,7-8,10H2,1-4H3. The summed E-state index contributed by atoms with van der Waals surface area (Å²) in [6, 6.07) is 6.55. The summed E-state index contributed by atoms with van der Waals surface area (Å²) in [5.41, 5.74) is 3.22. The van der Waals surface area contributed by atoms with E-state index in [-0.39, 0.29) is 11.9 Å². The number of hydrogen-bond acceptors (Lipinski definition) is 2. The van der Waals surface area contributed by atoms with Crippen LogP contribution in [0.4, 0.5) is 0 Å². The third-order valence-electron chi connectivity index (χ3n) is 3.97. The smallest absolute Gasteiger partial charge is 0.254 e. The summed E-state index contributed by atoms with van der Waals surface area (Å²) in [6.07, 6.45) is 1.05. The van der Waals surface area contributed by atoms with Crippen LogP contribution in [-0.2, 0) is 0 Å². The van der Waals surface area contributed by atoms with Gasteiger partial charge in [-0.15, -0.1) is 0 Å². The molecule has 1 aliphatic heterocycles. The highest BCUT2D eigenvalue weighted by molar-refractivity contribution is 5.95. The van der Waals surface area contributed by atoms with Gasteiger partial charge < -0.3 is 10.2 Å². The molecule has 1 aliphatic rings. The van der Waals surface area contributed by atoms with Crippen molar-refractivity contribution in [3.63, 3.8) is 0 Å². The Balaban J connectivity index is 2.25. The largest absolute Gasteiger partial charge is 0.332 e. The van der Waals surface area contributed by atoms with Gasteiger partial charge in [0.1, 0.15) is 0 Å². The summed E-state index contributed by atoms with van der Waals surface area (Å²) < 4.78 is 0. The third-order valence-corrected chi connectivity index (χ3v) is 3.97. The van der Waals surface area contributed by atoms with Crippen molar-refractivity contribution in [3.05, 3.63) is 34.9 Å². The monoisotopic (exact) mass is 260 g/mol. The van der Waals surface area contributed by atoms with E-state index in [1.165, 1.54) is 11.1 Å². The minimum Gasteiger partial charge on any atom is -0.332 e. The van der Waals surface area contributed by atoms with Gasteiger partial charge in [0.25, 0.3) is 5.91 Å². The second-order valence-electron chi connectivity index (χ2n) is 5.75. The van der Waals surface area contributed by atoms with Crippen LogP contribution in [0.3, 0.4) is 0 Å². The van der Waals surface area contributed by atoms with E-state index >= 15 is 0 Å². The Labute approximate surface area is 116 Å². The SMILES string of the molecule is Cc1ccc(C(=O)N(C(C)C)C2CCNC2)cc1C. The van der Waals surface area contributed by atoms with E-state index in [0.29, 0.717) is 6.04 Å². The highest BCUT2D eigenvalue weighted by Crippen LogP contribution is 2.18. The normalized spacial score (nSPS) is 18.9. The number of hydrogen-bond donors (Lipinski definition) is 1. The average molecular weight is 260 g/mol. The maximum Gasteiger partial charge on any atom is 0.254 e. The van der Waals surface area contributed by atoms with Gasteiger partial charge in [-0.05, 0) is 63.9 Å². The Morgan fingerprint density at radius 2 is 2.05 bits per heavy atom. The van der Waals surface area contributed by atoms with Gasteiger partial charge in [-0.25, -0.2) is 0 Å². The Kier molecular flexibility index (Phi) is 4.25. The van der Waals surface area contributed by atoms with Crippen LogP contribution < -0.4 is 5.32 Å². The number of carbonyl (C=O) groups excluding carboxylic acids is 1. The van der Waals surface area contributed by atoms with Crippen LogP contribution in [0.15, 0.2) is 18.2 Å². The van der Waals surface area contributed by atoms with Crippen LogP contribution in [0.5, 0.6) is 0 Å². The Morgan fingerprint density at radius 3 is 2.58 bits per heavy atom. The number of benzene rings is 1. The second kappa shape index (κ2) is 5.74. The van der Waals surface area contributed by atoms with Crippen LogP contribution >= 0.6 is 0 Å². The van der Waals surface area contributed by atoms with Gasteiger partial charge in [0, 0.05) is 24.2 Å². The van der Waals surface area contributed by atoms with Crippen molar-refractivity contribution < 1.29 is 4.79 Å². The average Bonchev–Trinajstić information content (AvgIpc) is 2.86. The maximum absolute atomic E-state index is 12.7. The molecule has 1 unspecified atom stereocenters. The van der Waals surface area contributed by atoms with Gasteiger partial charge in [-0.1, -0.05) is 6.07 Å². The summed E-state index contributed by atoms with van der Waals surface area (Å²) in [5, 5.41) is 3.34. The van der Waals surface area contributed by atoms with E-state index in [1.54, 1.807) is 0 Å². The van der Waals surface area contributed by atoms with Crippen LogP contribution in [0.2, 0.25) is 0 Å².